The summed E-state index contributed by atoms with van der Waals surface area (Å²) in [4.78, 5) is 12.0. The Morgan fingerprint density at radius 3 is 2.94 bits per heavy atom. The van der Waals surface area contributed by atoms with Crippen LogP contribution in [0, 0.1) is 0 Å². The van der Waals surface area contributed by atoms with Crippen molar-refractivity contribution in [1.29, 1.82) is 0 Å². The van der Waals surface area contributed by atoms with Crippen LogP contribution in [0.1, 0.15) is 30.4 Å². The number of benzene rings is 1. The molecule has 0 amide bonds. The van der Waals surface area contributed by atoms with E-state index in [2.05, 4.69) is 0 Å². The van der Waals surface area contributed by atoms with E-state index in [4.69, 9.17) is 4.74 Å². The lowest BCUT2D eigenvalue weighted by Crippen LogP contribution is -2.45. The molecule has 16 heavy (non-hydrogen) atoms. The van der Waals surface area contributed by atoms with Gasteiger partial charge < -0.3 is 4.74 Å². The molecule has 0 bridgehead atoms. The minimum Gasteiger partial charge on any atom is -0.342 e. The zero-order valence-electron chi connectivity index (χ0n) is 8.91. The highest BCUT2D eigenvalue weighted by atomic mass is 19.1. The highest BCUT2D eigenvalue weighted by molar-refractivity contribution is 5.93. The van der Waals surface area contributed by atoms with Gasteiger partial charge in [-0.2, -0.15) is 0 Å². The van der Waals surface area contributed by atoms with Gasteiger partial charge in [0.25, 0.3) is 0 Å². The molecule has 1 aliphatic carbocycles. The van der Waals surface area contributed by atoms with Crippen LogP contribution < -0.4 is 0 Å². The first-order valence-electron chi connectivity index (χ1n) is 5.62. The molecule has 2 aliphatic rings. The number of ether oxygens (including phenoxy) is 1. The maximum absolute atomic E-state index is 14.0. The normalized spacial score (nSPS) is 33.1. The molecule has 2 nitrogen and oxygen atoms in total. The zero-order valence-corrected chi connectivity index (χ0v) is 8.91. The van der Waals surface area contributed by atoms with E-state index in [9.17, 15) is 9.18 Å². The topological polar surface area (TPSA) is 26.3 Å². The lowest BCUT2D eigenvalue weighted by molar-refractivity contribution is -0.146. The van der Waals surface area contributed by atoms with Gasteiger partial charge in [0.15, 0.2) is 0 Å². The van der Waals surface area contributed by atoms with Gasteiger partial charge in [-0.05, 0) is 24.0 Å². The summed E-state index contributed by atoms with van der Waals surface area (Å²) in [5.41, 5.74) is 0.789. The quantitative estimate of drug-likeness (QED) is 0.671. The first kappa shape index (κ1) is 9.97. The SMILES string of the molecule is O=C1CCC[C@@]12c1ccccc1CO[C@H]2F. The molecule has 0 aromatic heterocycles. The Morgan fingerprint density at radius 1 is 1.38 bits per heavy atom. The lowest BCUT2D eigenvalue weighted by atomic mass is 9.74. The molecular formula is C13H13FO2. The van der Waals surface area contributed by atoms with Crippen molar-refractivity contribution in [2.45, 2.75) is 37.6 Å². The predicted molar refractivity (Wildman–Crippen MR) is 56.7 cm³/mol. The molecule has 3 rings (SSSR count). The van der Waals surface area contributed by atoms with Gasteiger partial charge in [-0.1, -0.05) is 24.3 Å². The molecule has 1 spiro atoms. The van der Waals surface area contributed by atoms with Gasteiger partial charge in [0.05, 0.1) is 6.61 Å². The smallest absolute Gasteiger partial charge is 0.215 e. The number of halogens is 1. The number of alkyl halides is 1. The van der Waals surface area contributed by atoms with Crippen molar-refractivity contribution < 1.29 is 13.9 Å². The van der Waals surface area contributed by atoms with Gasteiger partial charge >= 0.3 is 0 Å². The molecule has 3 heteroatoms. The lowest BCUT2D eigenvalue weighted by Gasteiger charge is -2.36. The molecule has 1 aromatic carbocycles. The van der Waals surface area contributed by atoms with Gasteiger partial charge in [-0.15, -0.1) is 0 Å². The van der Waals surface area contributed by atoms with E-state index in [0.717, 1.165) is 17.5 Å². The second-order valence-electron chi connectivity index (χ2n) is 4.53. The molecule has 1 aromatic rings. The Balaban J connectivity index is 2.20. The van der Waals surface area contributed by atoms with Crippen LogP contribution in [-0.4, -0.2) is 12.1 Å². The number of ketones is 1. The fourth-order valence-corrected chi connectivity index (χ4v) is 2.92. The monoisotopic (exact) mass is 220 g/mol. The highest BCUT2D eigenvalue weighted by Crippen LogP contribution is 2.46. The van der Waals surface area contributed by atoms with E-state index in [1.54, 1.807) is 0 Å². The number of carbonyl (C=O) groups excluding carboxylic acids is 1. The second kappa shape index (κ2) is 3.39. The minimum absolute atomic E-state index is 0.00727. The van der Waals surface area contributed by atoms with E-state index >= 15 is 0 Å². The third-order valence-corrected chi connectivity index (χ3v) is 3.74. The average Bonchev–Trinajstić information content (AvgIpc) is 2.68. The Labute approximate surface area is 93.4 Å². The fraction of sp³-hybridized carbons (Fsp3) is 0.462. The number of hydrogen-bond donors (Lipinski definition) is 0. The summed E-state index contributed by atoms with van der Waals surface area (Å²) < 4.78 is 19.2. The van der Waals surface area contributed by atoms with Crippen LogP contribution in [-0.2, 0) is 21.6 Å². The molecule has 84 valence electrons. The van der Waals surface area contributed by atoms with Gasteiger partial charge in [0.2, 0.25) is 6.36 Å². The number of Topliss-reactive ketones (excluding diaryl/α,β-unsaturated/α-hetero) is 1. The molecule has 1 saturated carbocycles. The number of fused-ring (bicyclic) bond motifs is 2. The van der Waals surface area contributed by atoms with Gasteiger partial charge in [0, 0.05) is 6.42 Å². The summed E-state index contributed by atoms with van der Waals surface area (Å²) in [7, 11) is 0. The third-order valence-electron chi connectivity index (χ3n) is 3.74. The summed E-state index contributed by atoms with van der Waals surface area (Å²) in [6, 6.07) is 7.54. The summed E-state index contributed by atoms with van der Waals surface area (Å²) in [5.74, 6) is -0.00727. The Kier molecular flexibility index (Phi) is 2.11. The van der Waals surface area contributed by atoms with Crippen LogP contribution >= 0.6 is 0 Å². The molecule has 0 saturated heterocycles. The third kappa shape index (κ3) is 1.12. The fourth-order valence-electron chi connectivity index (χ4n) is 2.92. The van der Waals surface area contributed by atoms with Crippen molar-refractivity contribution in [2.75, 3.05) is 0 Å². The molecule has 1 heterocycles. The summed E-state index contributed by atoms with van der Waals surface area (Å²) in [5, 5.41) is 0. The molecule has 0 unspecified atom stereocenters. The number of rotatable bonds is 0. The van der Waals surface area contributed by atoms with Crippen LogP contribution in [0.2, 0.25) is 0 Å². The van der Waals surface area contributed by atoms with Crippen LogP contribution in [0.3, 0.4) is 0 Å². The van der Waals surface area contributed by atoms with Crippen molar-refractivity contribution in [3.8, 4) is 0 Å². The first-order valence-corrected chi connectivity index (χ1v) is 5.62. The minimum atomic E-state index is -1.47. The Morgan fingerprint density at radius 2 is 2.19 bits per heavy atom. The van der Waals surface area contributed by atoms with Crippen molar-refractivity contribution in [3.63, 3.8) is 0 Å². The van der Waals surface area contributed by atoms with Crippen LogP contribution in [0.4, 0.5) is 4.39 Å². The molecule has 1 fully saturated rings. The molecule has 1 aliphatic heterocycles. The standard InChI is InChI=1S/C13H13FO2/c14-12-13(7-3-6-11(13)15)10-5-2-1-4-9(10)8-16-12/h1-2,4-5,12H,3,6-8H2/t12-,13-/m1/s1. The van der Waals surface area contributed by atoms with Crippen LogP contribution in [0.15, 0.2) is 24.3 Å². The predicted octanol–water partition coefficient (Wildman–Crippen LogP) is 2.50. The first-order chi connectivity index (χ1) is 7.75. The maximum atomic E-state index is 14.0. The largest absolute Gasteiger partial charge is 0.342 e. The van der Waals surface area contributed by atoms with Crippen LogP contribution in [0.5, 0.6) is 0 Å². The second-order valence-corrected chi connectivity index (χ2v) is 4.53. The van der Waals surface area contributed by atoms with E-state index in [-0.39, 0.29) is 12.4 Å². The van der Waals surface area contributed by atoms with Gasteiger partial charge in [0.1, 0.15) is 11.2 Å². The number of carbonyl (C=O) groups is 1. The summed E-state index contributed by atoms with van der Waals surface area (Å²) >= 11 is 0. The van der Waals surface area contributed by atoms with E-state index < -0.39 is 11.8 Å². The van der Waals surface area contributed by atoms with Crippen molar-refractivity contribution >= 4 is 5.78 Å². The van der Waals surface area contributed by atoms with Crippen molar-refractivity contribution in [1.82, 2.24) is 0 Å². The Hall–Kier alpha value is -1.22. The van der Waals surface area contributed by atoms with Crippen LogP contribution in [0.25, 0.3) is 0 Å². The molecule has 0 radical (unpaired) electrons. The average molecular weight is 220 g/mol. The van der Waals surface area contributed by atoms with Gasteiger partial charge in [-0.3, -0.25) is 4.79 Å². The van der Waals surface area contributed by atoms with Crippen molar-refractivity contribution in [2.24, 2.45) is 0 Å². The van der Waals surface area contributed by atoms with E-state index in [1.165, 1.54) is 0 Å². The van der Waals surface area contributed by atoms with Gasteiger partial charge in [-0.25, -0.2) is 4.39 Å². The summed E-state index contributed by atoms with van der Waals surface area (Å²) in [6.07, 6.45) is 0.330. The van der Waals surface area contributed by atoms with Crippen molar-refractivity contribution in [3.05, 3.63) is 35.4 Å². The van der Waals surface area contributed by atoms with E-state index in [0.29, 0.717) is 12.8 Å². The maximum Gasteiger partial charge on any atom is 0.215 e. The Bertz CT molecular complexity index is 443. The van der Waals surface area contributed by atoms with E-state index in [1.807, 2.05) is 24.3 Å². The molecule has 2 atom stereocenters. The zero-order chi connectivity index (χ0) is 11.2. The summed E-state index contributed by atoms with van der Waals surface area (Å²) in [6.45, 7) is 0.270. The highest BCUT2D eigenvalue weighted by Gasteiger charge is 2.53. The number of hydrogen-bond acceptors (Lipinski definition) is 2. The molecule has 0 N–H and O–H groups in total. The molecular weight excluding hydrogens is 207 g/mol.